The lowest BCUT2D eigenvalue weighted by Crippen LogP contribution is -2.38. The highest BCUT2D eigenvalue weighted by Crippen LogP contribution is 2.29. The first kappa shape index (κ1) is 15.2. The van der Waals surface area contributed by atoms with Crippen molar-refractivity contribution in [3.8, 4) is 0 Å². The van der Waals surface area contributed by atoms with Crippen molar-refractivity contribution in [1.29, 1.82) is 0 Å². The van der Waals surface area contributed by atoms with Crippen LogP contribution in [0.1, 0.15) is 43.0 Å². The predicted molar refractivity (Wildman–Crippen MR) is 92.8 cm³/mol. The molecule has 2 aliphatic heterocycles. The monoisotopic (exact) mass is 313 g/mol. The molecule has 1 N–H and O–H groups in total. The average molecular weight is 313 g/mol. The van der Waals surface area contributed by atoms with E-state index in [-0.39, 0.29) is 0 Å². The highest BCUT2D eigenvalue weighted by molar-refractivity contribution is 5.75. The molecule has 0 saturated carbocycles. The lowest BCUT2D eigenvalue weighted by molar-refractivity contribution is 0.0345. The summed E-state index contributed by atoms with van der Waals surface area (Å²) in [5.74, 6) is 2.52. The molecule has 2 saturated heterocycles. The lowest BCUT2D eigenvalue weighted by Gasteiger charge is -2.34. The number of benzene rings is 1. The largest absolute Gasteiger partial charge is 0.381 e. The van der Waals surface area contributed by atoms with Gasteiger partial charge in [0.2, 0.25) is 0 Å². The molecule has 3 heterocycles. The average Bonchev–Trinajstić information content (AvgIpc) is 2.99. The molecule has 2 aromatic rings. The molecule has 0 spiro atoms. The van der Waals surface area contributed by atoms with Gasteiger partial charge in [0.15, 0.2) is 0 Å². The molecule has 1 unspecified atom stereocenters. The predicted octanol–water partition coefficient (Wildman–Crippen LogP) is 3.48. The molecule has 2 fully saturated rings. The number of fused-ring (bicyclic) bond motifs is 1. The van der Waals surface area contributed by atoms with Crippen LogP contribution in [-0.4, -0.2) is 47.7 Å². The van der Waals surface area contributed by atoms with Gasteiger partial charge in [0.1, 0.15) is 5.82 Å². The fraction of sp³-hybridized carbons (Fsp3) is 0.632. The van der Waals surface area contributed by atoms with Crippen LogP contribution in [0.3, 0.4) is 0 Å². The minimum Gasteiger partial charge on any atom is -0.381 e. The van der Waals surface area contributed by atoms with Gasteiger partial charge in [0.05, 0.1) is 17.6 Å². The van der Waals surface area contributed by atoms with Gasteiger partial charge in [0, 0.05) is 19.1 Å². The topological polar surface area (TPSA) is 41.2 Å². The number of aryl methyl sites for hydroxylation is 1. The number of hydrogen-bond acceptors (Lipinski definition) is 3. The summed E-state index contributed by atoms with van der Waals surface area (Å²) in [4.78, 5) is 11.0. The van der Waals surface area contributed by atoms with Crippen molar-refractivity contribution in [1.82, 2.24) is 14.9 Å². The van der Waals surface area contributed by atoms with Crippen LogP contribution in [0.4, 0.5) is 0 Å². The van der Waals surface area contributed by atoms with Crippen molar-refractivity contribution in [3.05, 3.63) is 29.6 Å². The minimum atomic E-state index is 0.585. The second-order valence-electron chi connectivity index (χ2n) is 7.30. The molecular formula is C19H27N3O. The summed E-state index contributed by atoms with van der Waals surface area (Å²) >= 11 is 0. The fourth-order valence-electron chi connectivity index (χ4n) is 4.04. The normalized spacial score (nSPS) is 24.3. The van der Waals surface area contributed by atoms with Gasteiger partial charge < -0.3 is 14.6 Å². The number of hydrogen-bond donors (Lipinski definition) is 1. The molecule has 1 aromatic heterocycles. The first-order valence-electron chi connectivity index (χ1n) is 9.04. The lowest BCUT2D eigenvalue weighted by atomic mass is 9.94. The molecule has 4 rings (SSSR count). The van der Waals surface area contributed by atoms with E-state index >= 15 is 0 Å². The Kier molecular flexibility index (Phi) is 4.36. The molecule has 0 amide bonds. The first-order valence-corrected chi connectivity index (χ1v) is 9.04. The number of nitrogens with one attached hydrogen (secondary N) is 1. The van der Waals surface area contributed by atoms with Crippen molar-refractivity contribution in [3.63, 3.8) is 0 Å². The number of nitrogens with zero attached hydrogens (tertiary/aromatic N) is 2. The quantitative estimate of drug-likeness (QED) is 0.943. The third kappa shape index (κ3) is 3.43. The Labute approximate surface area is 138 Å². The van der Waals surface area contributed by atoms with E-state index in [0.29, 0.717) is 5.92 Å². The van der Waals surface area contributed by atoms with Crippen molar-refractivity contribution in [2.45, 2.75) is 38.5 Å². The van der Waals surface area contributed by atoms with Gasteiger partial charge in [0.25, 0.3) is 0 Å². The summed E-state index contributed by atoms with van der Waals surface area (Å²) in [7, 11) is 0. The zero-order valence-electron chi connectivity index (χ0n) is 14.1. The van der Waals surface area contributed by atoms with Gasteiger partial charge in [-0.1, -0.05) is 6.07 Å². The van der Waals surface area contributed by atoms with E-state index < -0.39 is 0 Å². The molecule has 1 atom stereocenters. The van der Waals surface area contributed by atoms with Gasteiger partial charge in [-0.3, -0.25) is 0 Å². The highest BCUT2D eigenvalue weighted by Gasteiger charge is 2.25. The third-order valence-corrected chi connectivity index (χ3v) is 5.40. The van der Waals surface area contributed by atoms with E-state index in [1.165, 1.54) is 62.2 Å². The molecule has 1 aromatic carbocycles. The maximum absolute atomic E-state index is 5.62. The van der Waals surface area contributed by atoms with Crippen LogP contribution in [0.25, 0.3) is 11.0 Å². The van der Waals surface area contributed by atoms with Crippen LogP contribution in [0.15, 0.2) is 18.2 Å². The van der Waals surface area contributed by atoms with Crippen LogP contribution < -0.4 is 0 Å². The van der Waals surface area contributed by atoms with E-state index in [1.807, 2.05) is 0 Å². The van der Waals surface area contributed by atoms with Crippen LogP contribution in [0.5, 0.6) is 0 Å². The molecule has 124 valence electrons. The van der Waals surface area contributed by atoms with E-state index in [4.69, 9.17) is 9.72 Å². The number of H-pyrrole nitrogens is 1. The maximum atomic E-state index is 5.62. The number of rotatable bonds is 3. The van der Waals surface area contributed by atoms with Crippen molar-refractivity contribution >= 4 is 11.0 Å². The standard InChI is InChI=1S/C19H27N3O/c1-14-4-5-17-18(11-14)21-19(20-17)16-6-8-22(9-7-16)12-15-3-2-10-23-13-15/h4-5,11,15-16H,2-3,6-10,12-13H2,1H3,(H,20,21). The molecule has 4 nitrogen and oxygen atoms in total. The molecule has 2 aliphatic rings. The van der Waals surface area contributed by atoms with Crippen molar-refractivity contribution in [2.75, 3.05) is 32.8 Å². The number of aromatic amines is 1. The number of piperidine rings is 1. The summed E-state index contributed by atoms with van der Waals surface area (Å²) in [5.41, 5.74) is 3.58. The van der Waals surface area contributed by atoms with Gasteiger partial charge in [-0.05, 0) is 69.3 Å². The second kappa shape index (κ2) is 6.62. The van der Waals surface area contributed by atoms with E-state index in [2.05, 4.69) is 35.0 Å². The molecule has 4 heteroatoms. The van der Waals surface area contributed by atoms with E-state index in [9.17, 15) is 0 Å². The fourth-order valence-corrected chi connectivity index (χ4v) is 4.04. The minimum absolute atomic E-state index is 0.585. The SMILES string of the molecule is Cc1ccc2nc(C3CCN(CC4CCCOC4)CC3)[nH]c2c1. The molecule has 0 bridgehead atoms. The number of likely N-dealkylation sites (tertiary alicyclic amines) is 1. The summed E-state index contributed by atoms with van der Waals surface area (Å²) < 4.78 is 5.62. The molecule has 0 radical (unpaired) electrons. The van der Waals surface area contributed by atoms with Gasteiger partial charge in [-0.2, -0.15) is 0 Å². The molecule has 0 aliphatic carbocycles. The van der Waals surface area contributed by atoms with Crippen molar-refractivity contribution in [2.24, 2.45) is 5.92 Å². The van der Waals surface area contributed by atoms with Crippen molar-refractivity contribution < 1.29 is 4.74 Å². The van der Waals surface area contributed by atoms with Crippen LogP contribution in [0, 0.1) is 12.8 Å². The zero-order valence-corrected chi connectivity index (χ0v) is 14.1. The summed E-state index contributed by atoms with van der Waals surface area (Å²) in [6.07, 6.45) is 5.00. The number of imidazole rings is 1. The van der Waals surface area contributed by atoms with Gasteiger partial charge in [-0.25, -0.2) is 4.98 Å². The Bertz CT molecular complexity index is 652. The maximum Gasteiger partial charge on any atom is 0.110 e. The first-order chi connectivity index (χ1) is 11.3. The van der Waals surface area contributed by atoms with Crippen LogP contribution in [-0.2, 0) is 4.74 Å². The second-order valence-corrected chi connectivity index (χ2v) is 7.30. The Morgan fingerprint density at radius 3 is 2.91 bits per heavy atom. The summed E-state index contributed by atoms with van der Waals surface area (Å²) in [6.45, 7) is 7.65. The van der Waals surface area contributed by atoms with Crippen LogP contribution >= 0.6 is 0 Å². The smallest absolute Gasteiger partial charge is 0.110 e. The van der Waals surface area contributed by atoms with Crippen LogP contribution in [0.2, 0.25) is 0 Å². The Balaban J connectivity index is 1.36. The number of aromatic nitrogens is 2. The summed E-state index contributed by atoms with van der Waals surface area (Å²) in [6, 6.07) is 6.47. The summed E-state index contributed by atoms with van der Waals surface area (Å²) in [5, 5.41) is 0. The Morgan fingerprint density at radius 1 is 1.26 bits per heavy atom. The molecule has 23 heavy (non-hydrogen) atoms. The third-order valence-electron chi connectivity index (χ3n) is 5.40. The zero-order chi connectivity index (χ0) is 15.6. The highest BCUT2D eigenvalue weighted by atomic mass is 16.5. The Hall–Kier alpha value is -1.39. The van der Waals surface area contributed by atoms with E-state index in [0.717, 1.165) is 24.6 Å². The number of ether oxygens (including phenoxy) is 1. The Morgan fingerprint density at radius 2 is 2.13 bits per heavy atom. The van der Waals surface area contributed by atoms with Gasteiger partial charge >= 0.3 is 0 Å². The van der Waals surface area contributed by atoms with E-state index in [1.54, 1.807) is 0 Å². The molecular weight excluding hydrogens is 286 g/mol. The van der Waals surface area contributed by atoms with Gasteiger partial charge in [-0.15, -0.1) is 0 Å².